The number of carbonyl (C=O) groups is 1. The van der Waals surface area contributed by atoms with Crippen LogP contribution in [0.5, 0.6) is 0 Å². The van der Waals surface area contributed by atoms with E-state index >= 15 is 0 Å². The van der Waals surface area contributed by atoms with Crippen molar-refractivity contribution in [1.29, 1.82) is 0 Å². The van der Waals surface area contributed by atoms with Gasteiger partial charge in [0, 0.05) is 6.54 Å². The zero-order valence-corrected chi connectivity index (χ0v) is 13.3. The Kier molecular flexibility index (Phi) is 6.91. The van der Waals surface area contributed by atoms with Crippen LogP contribution in [0.15, 0.2) is 58.1 Å². The van der Waals surface area contributed by atoms with Crippen molar-refractivity contribution in [2.24, 2.45) is 4.99 Å². The fourth-order valence-electron chi connectivity index (χ4n) is 1.99. The highest BCUT2D eigenvalue weighted by Gasteiger charge is 2.12. The van der Waals surface area contributed by atoms with Crippen LogP contribution in [0, 0.1) is 0 Å². The molecule has 0 radical (unpaired) electrons. The molecule has 1 N–H and O–H groups in total. The van der Waals surface area contributed by atoms with Crippen molar-refractivity contribution in [1.82, 2.24) is 5.32 Å². The highest BCUT2D eigenvalue weighted by Crippen LogP contribution is 2.03. The second-order valence-corrected chi connectivity index (χ2v) is 5.06. The van der Waals surface area contributed by atoms with E-state index < -0.39 is 0 Å². The molecule has 1 amide bonds. The lowest BCUT2D eigenvalue weighted by Gasteiger charge is -2.09. The molecule has 0 saturated heterocycles. The second kappa shape index (κ2) is 9.46. The third-order valence-corrected chi connectivity index (χ3v) is 3.13. The van der Waals surface area contributed by atoms with E-state index in [0.29, 0.717) is 13.2 Å². The van der Waals surface area contributed by atoms with Crippen LogP contribution < -0.4 is 5.32 Å². The van der Waals surface area contributed by atoms with Crippen LogP contribution in [-0.4, -0.2) is 25.1 Å². The minimum atomic E-state index is -0.354. The summed E-state index contributed by atoms with van der Waals surface area (Å²) in [5.41, 5.74) is 1.28. The van der Waals surface area contributed by atoms with E-state index in [9.17, 15) is 4.79 Å². The van der Waals surface area contributed by atoms with Gasteiger partial charge in [0.25, 0.3) is 11.9 Å². The second-order valence-electron chi connectivity index (χ2n) is 5.06. The van der Waals surface area contributed by atoms with Crippen LogP contribution in [0.25, 0.3) is 0 Å². The third kappa shape index (κ3) is 5.98. The standard InChI is InChI=1S/C18H22N2O3/c1-2-13-23-18(20-17(21)16-11-7-14-22-16)19-12-6-10-15-8-4-3-5-9-15/h3-5,7-9,11,14H,2,6,10,12-13H2,1H3,(H,19,20,21). The molecule has 0 aliphatic heterocycles. The lowest BCUT2D eigenvalue weighted by molar-refractivity contribution is 0.0938. The van der Waals surface area contributed by atoms with Gasteiger partial charge in [-0.3, -0.25) is 10.1 Å². The van der Waals surface area contributed by atoms with Gasteiger partial charge in [-0.2, -0.15) is 0 Å². The predicted molar refractivity (Wildman–Crippen MR) is 89.5 cm³/mol. The van der Waals surface area contributed by atoms with Crippen LogP contribution in [0.1, 0.15) is 35.9 Å². The molecule has 23 heavy (non-hydrogen) atoms. The summed E-state index contributed by atoms with van der Waals surface area (Å²) in [7, 11) is 0. The smallest absolute Gasteiger partial charge is 0.294 e. The summed E-state index contributed by atoms with van der Waals surface area (Å²) in [5, 5.41) is 2.65. The van der Waals surface area contributed by atoms with Crippen molar-refractivity contribution < 1.29 is 13.9 Å². The first-order valence-corrected chi connectivity index (χ1v) is 7.85. The minimum absolute atomic E-state index is 0.238. The zero-order chi connectivity index (χ0) is 16.3. The number of aliphatic imine (C=N–C) groups is 1. The normalized spacial score (nSPS) is 11.3. The van der Waals surface area contributed by atoms with Crippen LogP contribution >= 0.6 is 0 Å². The Morgan fingerprint density at radius 2 is 2.04 bits per heavy atom. The van der Waals surface area contributed by atoms with Gasteiger partial charge in [-0.05, 0) is 37.0 Å². The van der Waals surface area contributed by atoms with Crippen molar-refractivity contribution >= 4 is 11.9 Å². The van der Waals surface area contributed by atoms with Crippen LogP contribution in [0.3, 0.4) is 0 Å². The third-order valence-electron chi connectivity index (χ3n) is 3.13. The van der Waals surface area contributed by atoms with Crippen molar-refractivity contribution in [3.05, 3.63) is 60.1 Å². The molecule has 0 bridgehead atoms. The molecular formula is C18H22N2O3. The summed E-state index contributed by atoms with van der Waals surface area (Å²) in [4.78, 5) is 16.3. The van der Waals surface area contributed by atoms with E-state index in [-0.39, 0.29) is 17.7 Å². The summed E-state index contributed by atoms with van der Waals surface area (Å²) in [6.07, 6.45) is 4.13. The van der Waals surface area contributed by atoms with Crippen LogP contribution in [-0.2, 0) is 11.2 Å². The molecule has 1 aromatic heterocycles. The molecule has 0 unspecified atom stereocenters. The highest BCUT2D eigenvalue weighted by atomic mass is 16.5. The van der Waals surface area contributed by atoms with Gasteiger partial charge in [0.1, 0.15) is 0 Å². The number of hydrogen-bond donors (Lipinski definition) is 1. The summed E-state index contributed by atoms with van der Waals surface area (Å²) in [6.45, 7) is 3.10. The van der Waals surface area contributed by atoms with Gasteiger partial charge in [0.15, 0.2) is 5.76 Å². The Labute approximate surface area is 136 Å². The average molecular weight is 314 g/mol. The van der Waals surface area contributed by atoms with E-state index in [0.717, 1.165) is 19.3 Å². The van der Waals surface area contributed by atoms with Gasteiger partial charge < -0.3 is 9.15 Å². The van der Waals surface area contributed by atoms with Gasteiger partial charge in [-0.25, -0.2) is 4.99 Å². The Bertz CT molecular complexity index is 606. The molecule has 122 valence electrons. The van der Waals surface area contributed by atoms with Crippen LogP contribution in [0.4, 0.5) is 0 Å². The molecule has 0 fully saturated rings. The van der Waals surface area contributed by atoms with E-state index in [1.165, 1.54) is 11.8 Å². The number of aryl methyl sites for hydroxylation is 1. The van der Waals surface area contributed by atoms with Crippen molar-refractivity contribution in [2.75, 3.05) is 13.2 Å². The number of hydrogen-bond acceptors (Lipinski definition) is 4. The molecule has 0 aliphatic carbocycles. The molecule has 0 aliphatic rings. The number of benzene rings is 1. The number of furan rings is 1. The number of amidine groups is 1. The fraction of sp³-hybridized carbons (Fsp3) is 0.333. The first-order chi connectivity index (χ1) is 11.3. The fourth-order valence-corrected chi connectivity index (χ4v) is 1.99. The van der Waals surface area contributed by atoms with Crippen LogP contribution in [0.2, 0.25) is 0 Å². The zero-order valence-electron chi connectivity index (χ0n) is 13.3. The van der Waals surface area contributed by atoms with E-state index in [4.69, 9.17) is 9.15 Å². The molecule has 0 atom stereocenters. The largest absolute Gasteiger partial charge is 0.465 e. The SMILES string of the molecule is CCCOC(=NCCCc1ccccc1)NC(=O)c1ccco1. The van der Waals surface area contributed by atoms with E-state index in [1.807, 2.05) is 25.1 Å². The summed E-state index contributed by atoms with van der Waals surface area (Å²) in [5.74, 6) is -0.116. The number of nitrogens with one attached hydrogen (secondary N) is 1. The van der Waals surface area contributed by atoms with Gasteiger partial charge in [0.05, 0.1) is 12.9 Å². The Morgan fingerprint density at radius 3 is 2.74 bits per heavy atom. The summed E-state index contributed by atoms with van der Waals surface area (Å²) < 4.78 is 10.6. The molecule has 0 saturated carbocycles. The topological polar surface area (TPSA) is 63.8 Å². The summed E-state index contributed by atoms with van der Waals surface area (Å²) in [6, 6.07) is 13.8. The Morgan fingerprint density at radius 1 is 1.22 bits per heavy atom. The quantitative estimate of drug-likeness (QED) is 0.484. The maximum Gasteiger partial charge on any atom is 0.294 e. The monoisotopic (exact) mass is 314 g/mol. The number of carbonyl (C=O) groups excluding carboxylic acids is 1. The molecular weight excluding hydrogens is 292 g/mol. The number of ether oxygens (including phenoxy) is 1. The lowest BCUT2D eigenvalue weighted by atomic mass is 10.1. The van der Waals surface area contributed by atoms with Crippen molar-refractivity contribution in [3.63, 3.8) is 0 Å². The predicted octanol–water partition coefficient (Wildman–Crippen LogP) is 3.42. The maximum atomic E-state index is 12.0. The van der Waals surface area contributed by atoms with E-state index in [2.05, 4.69) is 22.4 Å². The molecule has 2 rings (SSSR count). The highest BCUT2D eigenvalue weighted by molar-refractivity contribution is 6.02. The van der Waals surface area contributed by atoms with Crippen molar-refractivity contribution in [2.45, 2.75) is 26.2 Å². The van der Waals surface area contributed by atoms with Gasteiger partial charge >= 0.3 is 0 Å². The van der Waals surface area contributed by atoms with Crippen molar-refractivity contribution in [3.8, 4) is 0 Å². The number of nitrogens with zero attached hydrogens (tertiary/aromatic N) is 1. The molecule has 1 heterocycles. The molecule has 5 nitrogen and oxygen atoms in total. The molecule has 0 spiro atoms. The summed E-state index contributed by atoms with van der Waals surface area (Å²) >= 11 is 0. The maximum absolute atomic E-state index is 12.0. The minimum Gasteiger partial charge on any atom is -0.465 e. The number of rotatable bonds is 7. The lowest BCUT2D eigenvalue weighted by Crippen LogP contribution is -2.32. The Hall–Kier alpha value is -2.56. The average Bonchev–Trinajstić information content (AvgIpc) is 3.12. The van der Waals surface area contributed by atoms with Gasteiger partial charge in [-0.1, -0.05) is 37.3 Å². The molecule has 1 aromatic carbocycles. The first-order valence-electron chi connectivity index (χ1n) is 7.85. The molecule has 5 heteroatoms. The number of amides is 1. The van der Waals surface area contributed by atoms with Gasteiger partial charge in [-0.15, -0.1) is 0 Å². The first kappa shape index (κ1) is 16.8. The van der Waals surface area contributed by atoms with E-state index in [1.54, 1.807) is 12.1 Å². The molecule has 2 aromatic rings. The Balaban J connectivity index is 1.85. The van der Waals surface area contributed by atoms with Gasteiger partial charge in [0.2, 0.25) is 0 Å².